The molecule has 1 aromatic heterocycles. The molecular weight excluding hydrogens is 305 g/mol. The van der Waals surface area contributed by atoms with Crippen LogP contribution in [-0.2, 0) is 5.75 Å². The largest absolute Gasteiger partial charge is 0.478 e. The lowest BCUT2D eigenvalue weighted by Gasteiger charge is -2.06. The summed E-state index contributed by atoms with van der Waals surface area (Å²) in [7, 11) is 0. The average molecular weight is 314 g/mol. The molecule has 1 heterocycles. The fourth-order valence-corrected chi connectivity index (χ4v) is 3.00. The van der Waals surface area contributed by atoms with Crippen LogP contribution in [0.2, 0.25) is 10.0 Å². The Morgan fingerprint density at radius 3 is 2.79 bits per heavy atom. The van der Waals surface area contributed by atoms with Gasteiger partial charge in [-0.15, -0.1) is 11.8 Å². The Labute approximate surface area is 124 Å². The van der Waals surface area contributed by atoms with Gasteiger partial charge in [-0.25, -0.2) is 9.78 Å². The molecule has 0 spiro atoms. The minimum absolute atomic E-state index is 0.192. The highest BCUT2D eigenvalue weighted by molar-refractivity contribution is 7.98. The number of carboxylic acid groups (broad SMARTS) is 1. The quantitative estimate of drug-likeness (QED) is 0.851. The second-order valence-corrected chi connectivity index (χ2v) is 5.49. The molecule has 0 atom stereocenters. The van der Waals surface area contributed by atoms with E-state index >= 15 is 0 Å². The van der Waals surface area contributed by atoms with Gasteiger partial charge in [0.2, 0.25) is 0 Å². The predicted octanol–water partition coefficient (Wildman–Crippen LogP) is 4.38. The minimum Gasteiger partial charge on any atom is -0.478 e. The second-order valence-electron chi connectivity index (χ2n) is 3.69. The van der Waals surface area contributed by atoms with Crippen LogP contribution in [-0.4, -0.2) is 16.1 Å². The number of aromatic carboxylic acids is 1. The summed E-state index contributed by atoms with van der Waals surface area (Å²) in [4.78, 5) is 15.1. The van der Waals surface area contributed by atoms with Crippen LogP contribution in [0.5, 0.6) is 0 Å². The molecule has 0 aliphatic heterocycles. The van der Waals surface area contributed by atoms with Crippen molar-refractivity contribution in [2.45, 2.75) is 10.8 Å². The number of rotatable bonds is 4. The molecule has 19 heavy (non-hydrogen) atoms. The SMILES string of the molecule is O=C(O)c1cccnc1SCc1ccc(Cl)cc1Cl. The van der Waals surface area contributed by atoms with Gasteiger partial charge in [0.05, 0.1) is 5.56 Å². The van der Waals surface area contributed by atoms with Crippen molar-refractivity contribution in [1.82, 2.24) is 4.98 Å². The first kappa shape index (κ1) is 14.2. The van der Waals surface area contributed by atoms with Crippen molar-refractivity contribution in [3.05, 3.63) is 57.7 Å². The van der Waals surface area contributed by atoms with Gasteiger partial charge in [0.15, 0.2) is 0 Å². The van der Waals surface area contributed by atoms with E-state index in [4.69, 9.17) is 28.3 Å². The molecule has 0 unspecified atom stereocenters. The molecule has 0 saturated carbocycles. The fraction of sp³-hybridized carbons (Fsp3) is 0.0769. The van der Waals surface area contributed by atoms with E-state index < -0.39 is 5.97 Å². The number of aromatic nitrogens is 1. The Morgan fingerprint density at radius 2 is 2.11 bits per heavy atom. The zero-order chi connectivity index (χ0) is 13.8. The third-order valence-electron chi connectivity index (χ3n) is 2.38. The monoisotopic (exact) mass is 313 g/mol. The smallest absolute Gasteiger partial charge is 0.338 e. The molecular formula is C13H9Cl2NO2S. The van der Waals surface area contributed by atoms with Crippen molar-refractivity contribution in [3.63, 3.8) is 0 Å². The Morgan fingerprint density at radius 1 is 1.32 bits per heavy atom. The summed E-state index contributed by atoms with van der Waals surface area (Å²) >= 11 is 13.2. The van der Waals surface area contributed by atoms with Crippen LogP contribution in [0.25, 0.3) is 0 Å². The van der Waals surface area contributed by atoms with Gasteiger partial charge >= 0.3 is 5.97 Å². The lowest BCUT2D eigenvalue weighted by molar-refractivity contribution is 0.0692. The van der Waals surface area contributed by atoms with E-state index in [-0.39, 0.29) is 5.56 Å². The lowest BCUT2D eigenvalue weighted by Crippen LogP contribution is -2.00. The Balaban J connectivity index is 2.17. The molecule has 0 radical (unpaired) electrons. The summed E-state index contributed by atoms with van der Waals surface area (Å²) in [5.74, 6) is -0.453. The molecule has 6 heteroatoms. The first-order chi connectivity index (χ1) is 9.08. The van der Waals surface area contributed by atoms with Crippen molar-refractivity contribution < 1.29 is 9.90 Å². The van der Waals surface area contributed by atoms with Gasteiger partial charge in [-0.05, 0) is 29.8 Å². The molecule has 0 fully saturated rings. The molecule has 3 nitrogen and oxygen atoms in total. The predicted molar refractivity (Wildman–Crippen MR) is 77.2 cm³/mol. The van der Waals surface area contributed by atoms with Crippen molar-refractivity contribution >= 4 is 40.9 Å². The molecule has 98 valence electrons. The molecule has 0 bridgehead atoms. The third kappa shape index (κ3) is 3.62. The number of hydrogen-bond donors (Lipinski definition) is 1. The molecule has 2 rings (SSSR count). The van der Waals surface area contributed by atoms with Crippen LogP contribution >= 0.6 is 35.0 Å². The van der Waals surface area contributed by atoms with Crippen LogP contribution in [0.1, 0.15) is 15.9 Å². The maximum absolute atomic E-state index is 11.0. The second kappa shape index (κ2) is 6.28. The van der Waals surface area contributed by atoms with E-state index in [1.54, 1.807) is 24.4 Å². The summed E-state index contributed by atoms with van der Waals surface area (Å²) in [6.45, 7) is 0. The molecule has 0 aliphatic rings. The number of benzene rings is 1. The molecule has 0 saturated heterocycles. The van der Waals surface area contributed by atoms with Crippen molar-refractivity contribution in [1.29, 1.82) is 0 Å². The number of carbonyl (C=O) groups is 1. The number of hydrogen-bond acceptors (Lipinski definition) is 3. The van der Waals surface area contributed by atoms with E-state index in [2.05, 4.69) is 4.98 Å². The fourth-order valence-electron chi connectivity index (χ4n) is 1.45. The number of carboxylic acids is 1. The van der Waals surface area contributed by atoms with Gasteiger partial charge in [-0.2, -0.15) is 0 Å². The van der Waals surface area contributed by atoms with E-state index in [0.717, 1.165) is 5.56 Å². The van der Waals surface area contributed by atoms with E-state index in [1.165, 1.54) is 17.8 Å². The number of nitrogens with zero attached hydrogens (tertiary/aromatic N) is 1. The summed E-state index contributed by atoms with van der Waals surface area (Å²) in [5, 5.41) is 10.7. The topological polar surface area (TPSA) is 50.2 Å². The molecule has 1 N–H and O–H groups in total. The highest BCUT2D eigenvalue weighted by Gasteiger charge is 2.11. The molecule has 0 amide bonds. The highest BCUT2D eigenvalue weighted by Crippen LogP contribution is 2.29. The Hall–Kier alpha value is -1.23. The number of pyridine rings is 1. The minimum atomic E-state index is -0.988. The van der Waals surface area contributed by atoms with Crippen LogP contribution in [0.15, 0.2) is 41.6 Å². The van der Waals surface area contributed by atoms with Gasteiger partial charge in [-0.3, -0.25) is 0 Å². The van der Waals surface area contributed by atoms with Crippen LogP contribution in [0, 0.1) is 0 Å². The Bertz CT molecular complexity index is 619. The first-order valence-electron chi connectivity index (χ1n) is 5.33. The first-order valence-corrected chi connectivity index (χ1v) is 7.07. The molecule has 2 aromatic rings. The summed E-state index contributed by atoms with van der Waals surface area (Å²) in [6.07, 6.45) is 1.57. The summed E-state index contributed by atoms with van der Waals surface area (Å²) in [5.41, 5.74) is 1.08. The number of halogens is 2. The summed E-state index contributed by atoms with van der Waals surface area (Å²) < 4.78 is 0. The number of thioether (sulfide) groups is 1. The van der Waals surface area contributed by atoms with E-state index in [0.29, 0.717) is 20.8 Å². The van der Waals surface area contributed by atoms with Crippen LogP contribution in [0.3, 0.4) is 0 Å². The highest BCUT2D eigenvalue weighted by atomic mass is 35.5. The van der Waals surface area contributed by atoms with Gasteiger partial charge in [0.25, 0.3) is 0 Å². The standard InChI is InChI=1S/C13H9Cl2NO2S/c14-9-4-3-8(11(15)6-9)7-19-12-10(13(17)18)2-1-5-16-12/h1-6H,7H2,(H,17,18). The van der Waals surface area contributed by atoms with Crippen molar-refractivity contribution in [2.24, 2.45) is 0 Å². The third-order valence-corrected chi connectivity index (χ3v) is 4.02. The van der Waals surface area contributed by atoms with Gasteiger partial charge in [0, 0.05) is 22.0 Å². The Kier molecular flexibility index (Phi) is 4.69. The maximum atomic E-state index is 11.0. The zero-order valence-corrected chi connectivity index (χ0v) is 12.0. The maximum Gasteiger partial charge on any atom is 0.338 e. The van der Waals surface area contributed by atoms with Crippen LogP contribution < -0.4 is 0 Å². The molecule has 1 aromatic carbocycles. The normalized spacial score (nSPS) is 10.4. The molecule has 0 aliphatic carbocycles. The van der Waals surface area contributed by atoms with Crippen molar-refractivity contribution in [2.75, 3.05) is 0 Å². The van der Waals surface area contributed by atoms with E-state index in [1.807, 2.05) is 6.07 Å². The van der Waals surface area contributed by atoms with Gasteiger partial charge in [0.1, 0.15) is 5.03 Å². The average Bonchev–Trinajstić information content (AvgIpc) is 2.38. The summed E-state index contributed by atoms with van der Waals surface area (Å²) in [6, 6.07) is 8.36. The van der Waals surface area contributed by atoms with Gasteiger partial charge < -0.3 is 5.11 Å². The lowest BCUT2D eigenvalue weighted by atomic mass is 10.2. The zero-order valence-electron chi connectivity index (χ0n) is 9.64. The van der Waals surface area contributed by atoms with Crippen LogP contribution in [0.4, 0.5) is 0 Å². The van der Waals surface area contributed by atoms with E-state index in [9.17, 15) is 4.79 Å². The van der Waals surface area contributed by atoms with Crippen molar-refractivity contribution in [3.8, 4) is 0 Å². The van der Waals surface area contributed by atoms with Gasteiger partial charge in [-0.1, -0.05) is 29.3 Å².